The highest BCUT2D eigenvalue weighted by Crippen LogP contribution is 2.30. The summed E-state index contributed by atoms with van der Waals surface area (Å²) in [6.45, 7) is 5.00. The number of carbonyl (C=O) groups excluding carboxylic acids is 1. The molecule has 0 unspecified atom stereocenters. The molecule has 1 amide bonds. The Bertz CT molecular complexity index is 808. The molecule has 1 saturated carbocycles. The molecule has 2 heterocycles. The third-order valence-electron chi connectivity index (χ3n) is 4.87. The topological polar surface area (TPSA) is 71.7 Å². The monoisotopic (exact) mass is 390 g/mol. The van der Waals surface area contributed by atoms with E-state index in [0.29, 0.717) is 42.1 Å². The van der Waals surface area contributed by atoms with E-state index in [4.69, 9.17) is 20.8 Å². The second-order valence-corrected chi connectivity index (χ2v) is 7.56. The van der Waals surface area contributed by atoms with Crippen LogP contribution in [0.15, 0.2) is 28.7 Å². The molecule has 1 atom stereocenters. The van der Waals surface area contributed by atoms with Crippen molar-refractivity contribution in [2.24, 2.45) is 0 Å². The molecule has 1 aromatic carbocycles. The van der Waals surface area contributed by atoms with Gasteiger partial charge in [-0.3, -0.25) is 9.69 Å². The Hall–Kier alpha value is -1.96. The number of hydrogen-bond donors (Lipinski definition) is 0. The summed E-state index contributed by atoms with van der Waals surface area (Å²) in [5.74, 6) is 0.908. The zero-order valence-electron chi connectivity index (χ0n) is 15.3. The van der Waals surface area contributed by atoms with Crippen molar-refractivity contribution >= 4 is 17.5 Å². The van der Waals surface area contributed by atoms with Gasteiger partial charge in [-0.15, -0.1) is 10.2 Å². The van der Waals surface area contributed by atoms with E-state index >= 15 is 0 Å². The standard InChI is InChI=1S/C19H23ClN4O3/c1-13-10-23(8-9-26-13)12-18(25)24(14-6-7-14)11-17-21-22-19(27-17)15-4-2-3-5-16(15)20/h2-5,13-14H,6-12H2,1H3/t13-/m0/s1. The summed E-state index contributed by atoms with van der Waals surface area (Å²) < 4.78 is 11.3. The van der Waals surface area contributed by atoms with Gasteiger partial charge < -0.3 is 14.1 Å². The van der Waals surface area contributed by atoms with Crippen LogP contribution in [0.4, 0.5) is 0 Å². The van der Waals surface area contributed by atoms with Gasteiger partial charge >= 0.3 is 0 Å². The molecule has 1 saturated heterocycles. The van der Waals surface area contributed by atoms with E-state index in [2.05, 4.69) is 15.1 Å². The van der Waals surface area contributed by atoms with E-state index in [1.54, 1.807) is 6.07 Å². The normalized spacial score (nSPS) is 20.6. The molecule has 2 fully saturated rings. The summed E-state index contributed by atoms with van der Waals surface area (Å²) >= 11 is 6.20. The van der Waals surface area contributed by atoms with Crippen LogP contribution in [0, 0.1) is 0 Å². The average Bonchev–Trinajstić information content (AvgIpc) is 3.38. The summed E-state index contributed by atoms with van der Waals surface area (Å²) in [5.41, 5.74) is 0.699. The van der Waals surface area contributed by atoms with Crippen LogP contribution in [0.2, 0.25) is 5.02 Å². The van der Waals surface area contributed by atoms with Gasteiger partial charge in [0.25, 0.3) is 0 Å². The van der Waals surface area contributed by atoms with Crippen LogP contribution in [0.25, 0.3) is 11.5 Å². The number of ether oxygens (including phenoxy) is 1. The number of morpholine rings is 1. The first-order valence-corrected chi connectivity index (χ1v) is 9.68. The lowest BCUT2D eigenvalue weighted by Gasteiger charge is -2.32. The highest BCUT2D eigenvalue weighted by molar-refractivity contribution is 6.33. The van der Waals surface area contributed by atoms with Crippen LogP contribution in [0.5, 0.6) is 0 Å². The van der Waals surface area contributed by atoms with Gasteiger partial charge in [-0.25, -0.2) is 0 Å². The fourth-order valence-corrected chi connectivity index (χ4v) is 3.55. The Labute approximate surface area is 163 Å². The van der Waals surface area contributed by atoms with Crippen molar-refractivity contribution in [3.05, 3.63) is 35.2 Å². The fourth-order valence-electron chi connectivity index (χ4n) is 3.33. The Kier molecular flexibility index (Phi) is 5.43. The van der Waals surface area contributed by atoms with Crippen molar-refractivity contribution < 1.29 is 13.9 Å². The van der Waals surface area contributed by atoms with E-state index in [1.807, 2.05) is 30.0 Å². The molecule has 2 aliphatic rings. The number of nitrogens with zero attached hydrogens (tertiary/aromatic N) is 4. The number of rotatable bonds is 6. The molecule has 144 valence electrons. The molecule has 0 spiro atoms. The number of carbonyl (C=O) groups is 1. The second kappa shape index (κ2) is 7.96. The quantitative estimate of drug-likeness (QED) is 0.755. The van der Waals surface area contributed by atoms with Gasteiger partial charge in [0.2, 0.25) is 17.7 Å². The molecule has 0 bridgehead atoms. The SMILES string of the molecule is C[C@H]1CN(CC(=O)N(Cc2nnc(-c3ccccc3Cl)o2)C2CC2)CCO1. The Morgan fingerprint density at radius 3 is 2.89 bits per heavy atom. The summed E-state index contributed by atoms with van der Waals surface area (Å²) in [6, 6.07) is 7.61. The molecule has 1 aliphatic heterocycles. The maximum absolute atomic E-state index is 12.9. The molecule has 7 nitrogen and oxygen atoms in total. The maximum Gasteiger partial charge on any atom is 0.249 e. The van der Waals surface area contributed by atoms with Gasteiger partial charge in [0.05, 0.1) is 36.4 Å². The molecule has 0 radical (unpaired) electrons. The minimum Gasteiger partial charge on any atom is -0.419 e. The largest absolute Gasteiger partial charge is 0.419 e. The molecular formula is C19H23ClN4O3. The van der Waals surface area contributed by atoms with Crippen molar-refractivity contribution in [3.8, 4) is 11.5 Å². The first-order chi connectivity index (χ1) is 13.1. The third kappa shape index (κ3) is 4.48. The van der Waals surface area contributed by atoms with Crippen molar-refractivity contribution in [2.45, 2.75) is 38.5 Å². The molecule has 27 heavy (non-hydrogen) atoms. The van der Waals surface area contributed by atoms with Crippen LogP contribution >= 0.6 is 11.6 Å². The zero-order chi connectivity index (χ0) is 18.8. The van der Waals surface area contributed by atoms with Gasteiger partial charge in [-0.2, -0.15) is 0 Å². The van der Waals surface area contributed by atoms with Gasteiger partial charge in [-0.1, -0.05) is 23.7 Å². The molecule has 0 N–H and O–H groups in total. The summed E-state index contributed by atoms with van der Waals surface area (Å²) in [6.07, 6.45) is 2.21. The van der Waals surface area contributed by atoms with Crippen LogP contribution < -0.4 is 0 Å². The Balaban J connectivity index is 1.43. The first kappa shape index (κ1) is 18.4. The summed E-state index contributed by atoms with van der Waals surface area (Å²) in [4.78, 5) is 16.9. The van der Waals surface area contributed by atoms with Crippen molar-refractivity contribution in [1.29, 1.82) is 0 Å². The van der Waals surface area contributed by atoms with Crippen molar-refractivity contribution in [1.82, 2.24) is 20.0 Å². The third-order valence-corrected chi connectivity index (χ3v) is 5.20. The van der Waals surface area contributed by atoms with Crippen molar-refractivity contribution in [3.63, 3.8) is 0 Å². The zero-order valence-corrected chi connectivity index (χ0v) is 16.1. The van der Waals surface area contributed by atoms with E-state index in [0.717, 1.165) is 25.9 Å². The van der Waals surface area contributed by atoms with Crippen molar-refractivity contribution in [2.75, 3.05) is 26.2 Å². The van der Waals surface area contributed by atoms with E-state index < -0.39 is 0 Å². The Morgan fingerprint density at radius 1 is 1.33 bits per heavy atom. The molecular weight excluding hydrogens is 368 g/mol. The van der Waals surface area contributed by atoms with E-state index in [9.17, 15) is 4.79 Å². The number of aromatic nitrogens is 2. The highest BCUT2D eigenvalue weighted by atomic mass is 35.5. The summed E-state index contributed by atoms with van der Waals surface area (Å²) in [5, 5.41) is 8.78. The van der Waals surface area contributed by atoms with Gasteiger partial charge in [0.15, 0.2) is 0 Å². The minimum atomic E-state index is 0.101. The van der Waals surface area contributed by atoms with Gasteiger partial charge in [0, 0.05) is 19.1 Å². The average molecular weight is 391 g/mol. The van der Waals surface area contributed by atoms with Gasteiger partial charge in [0.1, 0.15) is 0 Å². The van der Waals surface area contributed by atoms with E-state index in [-0.39, 0.29) is 18.1 Å². The van der Waals surface area contributed by atoms with E-state index in [1.165, 1.54) is 0 Å². The molecule has 8 heteroatoms. The maximum atomic E-state index is 12.9. The number of hydrogen-bond acceptors (Lipinski definition) is 6. The predicted molar refractivity (Wildman–Crippen MR) is 100 cm³/mol. The Morgan fingerprint density at radius 2 is 2.15 bits per heavy atom. The second-order valence-electron chi connectivity index (χ2n) is 7.15. The lowest BCUT2D eigenvalue weighted by Crippen LogP contribution is -2.47. The van der Waals surface area contributed by atoms with Gasteiger partial charge in [-0.05, 0) is 31.9 Å². The lowest BCUT2D eigenvalue weighted by molar-refractivity contribution is -0.135. The van der Waals surface area contributed by atoms with Crippen LogP contribution in [0.1, 0.15) is 25.7 Å². The van der Waals surface area contributed by atoms with Crippen LogP contribution in [-0.4, -0.2) is 64.3 Å². The lowest BCUT2D eigenvalue weighted by atomic mass is 10.2. The highest BCUT2D eigenvalue weighted by Gasteiger charge is 2.34. The fraction of sp³-hybridized carbons (Fsp3) is 0.526. The number of halogens is 1. The molecule has 1 aliphatic carbocycles. The predicted octanol–water partition coefficient (Wildman–Crippen LogP) is 2.60. The van der Waals surface area contributed by atoms with Crippen LogP contribution in [0.3, 0.4) is 0 Å². The molecule has 2 aromatic rings. The van der Waals surface area contributed by atoms with Crippen LogP contribution in [-0.2, 0) is 16.1 Å². The molecule has 4 rings (SSSR count). The summed E-state index contributed by atoms with van der Waals surface area (Å²) in [7, 11) is 0. The molecule has 1 aromatic heterocycles. The first-order valence-electron chi connectivity index (χ1n) is 9.31. The smallest absolute Gasteiger partial charge is 0.249 e. The minimum absolute atomic E-state index is 0.101. The number of benzene rings is 1. The number of amides is 1.